The summed E-state index contributed by atoms with van der Waals surface area (Å²) < 4.78 is 5.73. The fraction of sp³-hybridized carbons (Fsp3) is 0.231. The van der Waals surface area contributed by atoms with Crippen LogP contribution in [0, 0.1) is 6.92 Å². The van der Waals surface area contributed by atoms with Crippen molar-refractivity contribution < 1.29 is 4.74 Å². The zero-order valence-electron chi connectivity index (χ0n) is 9.97. The first-order chi connectivity index (χ1) is 8.19. The summed E-state index contributed by atoms with van der Waals surface area (Å²) in [5.74, 6) is 1.53. The van der Waals surface area contributed by atoms with Crippen LogP contribution in [0.2, 0.25) is 0 Å². The third-order valence-electron chi connectivity index (χ3n) is 2.42. The van der Waals surface area contributed by atoms with Gasteiger partial charge >= 0.3 is 0 Å². The summed E-state index contributed by atoms with van der Waals surface area (Å²) in [5.41, 5.74) is 7.52. The number of benzene rings is 1. The van der Waals surface area contributed by atoms with Gasteiger partial charge in [-0.25, -0.2) is 4.98 Å². The lowest BCUT2D eigenvalue weighted by Crippen LogP contribution is -1.99. The van der Waals surface area contributed by atoms with Gasteiger partial charge < -0.3 is 10.5 Å². The molecule has 0 atom stereocenters. The largest absolute Gasteiger partial charge is 0.439 e. The van der Waals surface area contributed by atoms with Crippen molar-refractivity contribution in [1.82, 2.24) is 9.97 Å². The molecular formula is C13H15N3O. The van der Waals surface area contributed by atoms with Gasteiger partial charge in [0.15, 0.2) is 0 Å². The van der Waals surface area contributed by atoms with E-state index in [-0.39, 0.29) is 5.95 Å². The Hall–Kier alpha value is -2.10. The molecule has 2 N–H and O–H groups in total. The van der Waals surface area contributed by atoms with Crippen LogP contribution < -0.4 is 10.5 Å². The second-order valence-electron chi connectivity index (χ2n) is 3.77. The minimum Gasteiger partial charge on any atom is -0.439 e. The van der Waals surface area contributed by atoms with Crippen LogP contribution in [0.25, 0.3) is 0 Å². The van der Waals surface area contributed by atoms with Gasteiger partial charge in [0.25, 0.3) is 0 Å². The third kappa shape index (κ3) is 2.72. The zero-order valence-corrected chi connectivity index (χ0v) is 9.97. The molecule has 0 unspecified atom stereocenters. The Morgan fingerprint density at radius 2 is 2.00 bits per heavy atom. The molecular weight excluding hydrogens is 214 g/mol. The van der Waals surface area contributed by atoms with Crippen LogP contribution in [-0.2, 0) is 6.42 Å². The number of nitrogen functional groups attached to an aromatic ring is 1. The highest BCUT2D eigenvalue weighted by Gasteiger charge is 2.05. The van der Waals surface area contributed by atoms with Gasteiger partial charge in [0.2, 0.25) is 11.8 Å². The molecule has 0 fully saturated rings. The van der Waals surface area contributed by atoms with Crippen molar-refractivity contribution in [2.75, 3.05) is 5.73 Å². The van der Waals surface area contributed by atoms with E-state index in [0.29, 0.717) is 5.88 Å². The molecule has 0 amide bonds. The van der Waals surface area contributed by atoms with E-state index in [9.17, 15) is 0 Å². The molecule has 0 spiro atoms. The van der Waals surface area contributed by atoms with Gasteiger partial charge in [0.1, 0.15) is 5.75 Å². The smallest absolute Gasteiger partial charge is 0.224 e. The van der Waals surface area contributed by atoms with E-state index < -0.39 is 0 Å². The maximum Gasteiger partial charge on any atom is 0.224 e. The SMILES string of the molecule is CCc1ccccc1Oc1cc(C)nc(N)n1. The van der Waals surface area contributed by atoms with E-state index in [2.05, 4.69) is 16.9 Å². The lowest BCUT2D eigenvalue weighted by molar-refractivity contribution is 0.456. The Balaban J connectivity index is 2.31. The molecule has 0 saturated heterocycles. The van der Waals surface area contributed by atoms with Gasteiger partial charge in [-0.05, 0) is 25.0 Å². The second kappa shape index (κ2) is 4.82. The predicted octanol–water partition coefficient (Wildman–Crippen LogP) is 2.72. The highest BCUT2D eigenvalue weighted by Crippen LogP contribution is 2.24. The first kappa shape index (κ1) is 11.4. The van der Waals surface area contributed by atoms with Crippen molar-refractivity contribution in [3.05, 3.63) is 41.6 Å². The van der Waals surface area contributed by atoms with Crippen molar-refractivity contribution in [2.24, 2.45) is 0 Å². The van der Waals surface area contributed by atoms with Crippen LogP contribution in [0.1, 0.15) is 18.2 Å². The predicted molar refractivity (Wildman–Crippen MR) is 67.1 cm³/mol. The summed E-state index contributed by atoms with van der Waals surface area (Å²) in [6, 6.07) is 9.65. The molecule has 4 heteroatoms. The van der Waals surface area contributed by atoms with Crippen LogP contribution >= 0.6 is 0 Å². The van der Waals surface area contributed by atoms with Gasteiger partial charge in [-0.2, -0.15) is 4.98 Å². The van der Waals surface area contributed by atoms with E-state index >= 15 is 0 Å². The number of aryl methyl sites for hydroxylation is 2. The van der Waals surface area contributed by atoms with Gasteiger partial charge in [-0.15, -0.1) is 0 Å². The molecule has 1 heterocycles. The van der Waals surface area contributed by atoms with Crippen LogP contribution in [0.15, 0.2) is 30.3 Å². The molecule has 0 aliphatic heterocycles. The van der Waals surface area contributed by atoms with Gasteiger partial charge in [0, 0.05) is 11.8 Å². The number of para-hydroxylation sites is 1. The Morgan fingerprint density at radius 3 is 2.71 bits per heavy atom. The lowest BCUT2D eigenvalue weighted by atomic mass is 10.1. The second-order valence-corrected chi connectivity index (χ2v) is 3.77. The van der Waals surface area contributed by atoms with E-state index in [1.807, 2.05) is 31.2 Å². The molecule has 1 aromatic carbocycles. The number of ether oxygens (including phenoxy) is 1. The first-order valence-corrected chi connectivity index (χ1v) is 5.56. The Bertz CT molecular complexity index is 506. The minimum atomic E-state index is 0.231. The first-order valence-electron chi connectivity index (χ1n) is 5.56. The van der Waals surface area contributed by atoms with Crippen LogP contribution in [-0.4, -0.2) is 9.97 Å². The number of nitrogens with two attached hydrogens (primary N) is 1. The minimum absolute atomic E-state index is 0.231. The lowest BCUT2D eigenvalue weighted by Gasteiger charge is -2.09. The Labute approximate surface area is 100 Å². The Morgan fingerprint density at radius 1 is 1.24 bits per heavy atom. The maximum atomic E-state index is 5.73. The summed E-state index contributed by atoms with van der Waals surface area (Å²) in [6.07, 6.45) is 0.912. The molecule has 0 aliphatic rings. The molecule has 88 valence electrons. The van der Waals surface area contributed by atoms with Crippen molar-refractivity contribution in [1.29, 1.82) is 0 Å². The van der Waals surface area contributed by atoms with Crippen LogP contribution in [0.5, 0.6) is 11.6 Å². The average Bonchev–Trinajstić information content (AvgIpc) is 2.28. The molecule has 1 aromatic heterocycles. The zero-order chi connectivity index (χ0) is 12.3. The van der Waals surface area contributed by atoms with E-state index in [1.54, 1.807) is 6.07 Å². The molecule has 0 saturated carbocycles. The van der Waals surface area contributed by atoms with E-state index in [4.69, 9.17) is 10.5 Å². The van der Waals surface area contributed by atoms with Crippen LogP contribution in [0.3, 0.4) is 0 Å². The van der Waals surface area contributed by atoms with E-state index in [1.165, 1.54) is 0 Å². The summed E-state index contributed by atoms with van der Waals surface area (Å²) in [4.78, 5) is 8.05. The standard InChI is InChI=1S/C13H15N3O/c1-3-10-6-4-5-7-11(10)17-12-8-9(2)15-13(14)16-12/h4-8H,3H2,1-2H3,(H2,14,15,16). The number of nitrogens with zero attached hydrogens (tertiary/aromatic N) is 2. The van der Waals surface area contributed by atoms with Gasteiger partial charge in [-0.1, -0.05) is 25.1 Å². The normalized spacial score (nSPS) is 10.2. The van der Waals surface area contributed by atoms with E-state index in [0.717, 1.165) is 23.4 Å². The number of rotatable bonds is 3. The number of hydrogen-bond donors (Lipinski definition) is 1. The summed E-state index contributed by atoms with van der Waals surface area (Å²) in [6.45, 7) is 3.94. The van der Waals surface area contributed by atoms with Gasteiger partial charge in [0.05, 0.1) is 0 Å². The van der Waals surface area contributed by atoms with Crippen LogP contribution in [0.4, 0.5) is 5.95 Å². The molecule has 2 aromatic rings. The molecule has 0 radical (unpaired) electrons. The third-order valence-corrected chi connectivity index (χ3v) is 2.42. The van der Waals surface area contributed by atoms with Crippen molar-refractivity contribution in [2.45, 2.75) is 20.3 Å². The van der Waals surface area contributed by atoms with Gasteiger partial charge in [-0.3, -0.25) is 0 Å². The Kier molecular flexibility index (Phi) is 3.23. The topological polar surface area (TPSA) is 61.0 Å². The number of anilines is 1. The number of aromatic nitrogens is 2. The average molecular weight is 229 g/mol. The number of hydrogen-bond acceptors (Lipinski definition) is 4. The quantitative estimate of drug-likeness (QED) is 0.879. The van der Waals surface area contributed by atoms with Crippen molar-refractivity contribution in [3.8, 4) is 11.6 Å². The molecule has 17 heavy (non-hydrogen) atoms. The van der Waals surface area contributed by atoms with Crippen molar-refractivity contribution >= 4 is 5.95 Å². The fourth-order valence-electron chi connectivity index (χ4n) is 1.62. The summed E-state index contributed by atoms with van der Waals surface area (Å²) in [7, 11) is 0. The fourth-order valence-corrected chi connectivity index (χ4v) is 1.62. The maximum absolute atomic E-state index is 5.73. The highest BCUT2D eigenvalue weighted by molar-refractivity contribution is 5.37. The summed E-state index contributed by atoms with van der Waals surface area (Å²) >= 11 is 0. The molecule has 0 bridgehead atoms. The molecule has 0 aliphatic carbocycles. The molecule has 2 rings (SSSR count). The van der Waals surface area contributed by atoms with Crippen molar-refractivity contribution in [3.63, 3.8) is 0 Å². The molecule has 4 nitrogen and oxygen atoms in total. The monoisotopic (exact) mass is 229 g/mol. The summed E-state index contributed by atoms with van der Waals surface area (Å²) in [5, 5.41) is 0. The highest BCUT2D eigenvalue weighted by atomic mass is 16.5.